The van der Waals surface area contributed by atoms with E-state index in [4.69, 9.17) is 10.5 Å². The molecular weight excluding hydrogens is 322 g/mol. The van der Waals surface area contributed by atoms with Crippen LogP contribution in [0.2, 0.25) is 0 Å². The molecule has 0 bridgehead atoms. The number of anilines is 1. The van der Waals surface area contributed by atoms with Crippen molar-refractivity contribution in [3.8, 4) is 17.8 Å². The molecular formula is C21H13N5. The molecule has 5 nitrogen and oxygen atoms in total. The lowest BCUT2D eigenvalue weighted by molar-refractivity contribution is 1.18. The molecule has 0 saturated carbocycles. The van der Waals surface area contributed by atoms with E-state index < -0.39 is 0 Å². The van der Waals surface area contributed by atoms with Crippen LogP contribution < -0.4 is 5.43 Å². The minimum atomic E-state index is -0.212. The normalized spacial score (nSPS) is 10.2. The van der Waals surface area contributed by atoms with E-state index in [1.807, 2.05) is 48.5 Å². The average molecular weight is 335 g/mol. The molecule has 0 aliphatic heterocycles. The summed E-state index contributed by atoms with van der Waals surface area (Å²) in [4.78, 5) is 0. The van der Waals surface area contributed by atoms with E-state index in [-0.39, 0.29) is 5.71 Å². The van der Waals surface area contributed by atoms with Gasteiger partial charge in [0.15, 0.2) is 0 Å². The molecule has 26 heavy (non-hydrogen) atoms. The van der Waals surface area contributed by atoms with Gasteiger partial charge in [-0.2, -0.15) is 15.6 Å². The molecule has 3 aromatic carbocycles. The molecule has 0 unspecified atom stereocenters. The lowest BCUT2D eigenvalue weighted by Crippen LogP contribution is -1.97. The fraction of sp³-hybridized carbons (Fsp3) is 0. The molecule has 0 radical (unpaired) electrons. The van der Waals surface area contributed by atoms with E-state index in [0.29, 0.717) is 5.69 Å². The van der Waals surface area contributed by atoms with E-state index in [1.54, 1.807) is 12.1 Å². The van der Waals surface area contributed by atoms with Crippen molar-refractivity contribution in [3.05, 3.63) is 72.8 Å². The van der Waals surface area contributed by atoms with E-state index in [2.05, 4.69) is 39.4 Å². The van der Waals surface area contributed by atoms with Gasteiger partial charge in [-0.15, -0.1) is 0 Å². The molecule has 1 aromatic heterocycles. The molecule has 1 N–H and O–H groups in total. The summed E-state index contributed by atoms with van der Waals surface area (Å²) in [6.07, 6.45) is 0. The summed E-state index contributed by atoms with van der Waals surface area (Å²) in [6, 6.07) is 27.8. The van der Waals surface area contributed by atoms with Crippen LogP contribution in [0.15, 0.2) is 77.9 Å². The number of rotatable bonds is 3. The Morgan fingerprint density at radius 1 is 0.769 bits per heavy atom. The highest BCUT2D eigenvalue weighted by atomic mass is 15.3. The van der Waals surface area contributed by atoms with Crippen LogP contribution >= 0.6 is 0 Å². The Morgan fingerprint density at radius 2 is 1.31 bits per heavy atom. The van der Waals surface area contributed by atoms with Gasteiger partial charge in [-0.1, -0.05) is 36.4 Å². The van der Waals surface area contributed by atoms with Crippen molar-refractivity contribution in [2.45, 2.75) is 0 Å². The molecule has 0 fully saturated rings. The van der Waals surface area contributed by atoms with Crippen LogP contribution in [-0.2, 0) is 0 Å². The first kappa shape index (κ1) is 15.4. The number of hydrazone groups is 1. The third-order valence-corrected chi connectivity index (χ3v) is 4.21. The fourth-order valence-electron chi connectivity index (χ4n) is 3.08. The molecule has 0 aliphatic carbocycles. The fourth-order valence-corrected chi connectivity index (χ4v) is 3.08. The number of aromatic nitrogens is 1. The smallest absolute Gasteiger partial charge is 0.237 e. The zero-order valence-electron chi connectivity index (χ0n) is 13.7. The molecule has 4 rings (SSSR count). The van der Waals surface area contributed by atoms with Crippen molar-refractivity contribution in [3.63, 3.8) is 0 Å². The maximum Gasteiger partial charge on any atom is 0.237 e. The molecule has 0 spiro atoms. The highest BCUT2D eigenvalue weighted by Crippen LogP contribution is 2.31. The third-order valence-electron chi connectivity index (χ3n) is 4.21. The van der Waals surface area contributed by atoms with E-state index in [0.717, 1.165) is 16.7 Å². The minimum absolute atomic E-state index is 0.212. The van der Waals surface area contributed by atoms with Gasteiger partial charge >= 0.3 is 0 Å². The third kappa shape index (κ3) is 2.54. The number of hydrogen-bond acceptors (Lipinski definition) is 4. The van der Waals surface area contributed by atoms with E-state index in [9.17, 15) is 0 Å². The average Bonchev–Trinajstić information content (AvgIpc) is 3.04. The summed E-state index contributed by atoms with van der Waals surface area (Å²) in [7, 11) is 0. The Hall–Kier alpha value is -4.09. The van der Waals surface area contributed by atoms with Crippen molar-refractivity contribution in [2.75, 3.05) is 5.43 Å². The highest BCUT2D eigenvalue weighted by Gasteiger charge is 2.10. The first-order valence-corrected chi connectivity index (χ1v) is 8.04. The maximum atomic E-state index is 8.73. The molecule has 122 valence electrons. The Morgan fingerprint density at radius 3 is 1.85 bits per heavy atom. The Labute approximate surface area is 150 Å². The van der Waals surface area contributed by atoms with Gasteiger partial charge in [0, 0.05) is 16.5 Å². The number of fused-ring (bicyclic) bond motifs is 3. The van der Waals surface area contributed by atoms with Crippen molar-refractivity contribution < 1.29 is 0 Å². The summed E-state index contributed by atoms with van der Waals surface area (Å²) < 4.78 is 2.22. The standard InChI is InChI=1S/C21H13N5/c22-13-16(14-23)25-24-15-9-11-17(12-10-15)26-20-7-3-1-5-18(20)19-6-2-4-8-21(19)26/h1-12,24H. The van der Waals surface area contributed by atoms with Gasteiger partial charge in [0.2, 0.25) is 5.71 Å². The van der Waals surface area contributed by atoms with Gasteiger partial charge in [-0.3, -0.25) is 5.43 Å². The van der Waals surface area contributed by atoms with Gasteiger partial charge in [-0.25, -0.2) is 0 Å². The quantitative estimate of drug-likeness (QED) is 0.439. The van der Waals surface area contributed by atoms with Crippen LogP contribution in [0, 0.1) is 22.7 Å². The number of para-hydroxylation sites is 2. The van der Waals surface area contributed by atoms with Crippen molar-refractivity contribution >= 4 is 33.2 Å². The van der Waals surface area contributed by atoms with Gasteiger partial charge in [0.05, 0.1) is 16.7 Å². The number of benzene rings is 3. The van der Waals surface area contributed by atoms with Crippen LogP contribution in [0.5, 0.6) is 0 Å². The molecule has 0 saturated heterocycles. The Balaban J connectivity index is 1.80. The second kappa shape index (κ2) is 6.43. The monoisotopic (exact) mass is 335 g/mol. The first-order chi connectivity index (χ1) is 12.8. The molecule has 0 atom stereocenters. The summed E-state index contributed by atoms with van der Waals surface area (Å²) in [6.45, 7) is 0. The molecule has 4 aromatic rings. The summed E-state index contributed by atoms with van der Waals surface area (Å²) >= 11 is 0. The highest BCUT2D eigenvalue weighted by molar-refractivity contribution is 6.10. The lowest BCUT2D eigenvalue weighted by Gasteiger charge is -2.08. The first-order valence-electron chi connectivity index (χ1n) is 8.04. The predicted octanol–water partition coefficient (Wildman–Crippen LogP) is 4.60. The van der Waals surface area contributed by atoms with E-state index in [1.165, 1.54) is 10.8 Å². The van der Waals surface area contributed by atoms with Crippen LogP contribution in [-0.4, -0.2) is 10.3 Å². The van der Waals surface area contributed by atoms with Crippen LogP contribution in [0.4, 0.5) is 5.69 Å². The number of nitrogens with one attached hydrogen (secondary N) is 1. The molecule has 0 aliphatic rings. The lowest BCUT2D eigenvalue weighted by atomic mass is 10.2. The van der Waals surface area contributed by atoms with Gasteiger partial charge in [0.1, 0.15) is 12.1 Å². The largest absolute Gasteiger partial charge is 0.309 e. The van der Waals surface area contributed by atoms with Gasteiger partial charge in [-0.05, 0) is 36.4 Å². The Bertz CT molecular complexity index is 1150. The second-order valence-electron chi connectivity index (χ2n) is 5.71. The van der Waals surface area contributed by atoms with Crippen molar-refractivity contribution in [2.24, 2.45) is 5.10 Å². The molecule has 0 amide bonds. The number of nitrogens with zero attached hydrogens (tertiary/aromatic N) is 4. The number of nitriles is 2. The Kier molecular flexibility index (Phi) is 3.82. The predicted molar refractivity (Wildman–Crippen MR) is 103 cm³/mol. The molecule has 5 heteroatoms. The van der Waals surface area contributed by atoms with Crippen molar-refractivity contribution in [1.82, 2.24) is 4.57 Å². The second-order valence-corrected chi connectivity index (χ2v) is 5.71. The van der Waals surface area contributed by atoms with Gasteiger partial charge in [0.25, 0.3) is 0 Å². The summed E-state index contributed by atoms with van der Waals surface area (Å²) in [5, 5.41) is 23.6. The summed E-state index contributed by atoms with van der Waals surface area (Å²) in [5.41, 5.74) is 6.53. The molecule has 1 heterocycles. The van der Waals surface area contributed by atoms with Crippen LogP contribution in [0.1, 0.15) is 0 Å². The van der Waals surface area contributed by atoms with Crippen LogP contribution in [0.25, 0.3) is 27.5 Å². The minimum Gasteiger partial charge on any atom is -0.309 e. The van der Waals surface area contributed by atoms with E-state index >= 15 is 0 Å². The maximum absolute atomic E-state index is 8.73. The number of hydrogen-bond donors (Lipinski definition) is 1. The summed E-state index contributed by atoms with van der Waals surface area (Å²) in [5.74, 6) is 0. The zero-order valence-corrected chi connectivity index (χ0v) is 13.7. The SMILES string of the molecule is N#CC(C#N)=NNc1ccc(-n2c3ccccc3c3ccccc32)cc1. The van der Waals surface area contributed by atoms with Gasteiger partial charge < -0.3 is 4.57 Å². The van der Waals surface area contributed by atoms with Crippen molar-refractivity contribution in [1.29, 1.82) is 10.5 Å². The zero-order chi connectivity index (χ0) is 17.9. The van der Waals surface area contributed by atoms with Crippen LogP contribution in [0.3, 0.4) is 0 Å². The topological polar surface area (TPSA) is 76.9 Å².